The summed E-state index contributed by atoms with van der Waals surface area (Å²) in [6.07, 6.45) is 4.60. The molecule has 0 atom stereocenters. The van der Waals surface area contributed by atoms with Crippen molar-refractivity contribution in [2.45, 2.75) is 13.3 Å². The van der Waals surface area contributed by atoms with Crippen molar-refractivity contribution < 1.29 is 5.11 Å². The molecule has 0 spiro atoms. The quantitative estimate of drug-likeness (QED) is 0.784. The van der Waals surface area contributed by atoms with Crippen molar-refractivity contribution in [3.8, 4) is 11.4 Å². The molecule has 0 bridgehead atoms. The topological polar surface area (TPSA) is 38.0 Å². The van der Waals surface area contributed by atoms with E-state index in [1.54, 1.807) is 18.3 Å². The lowest BCUT2D eigenvalue weighted by molar-refractivity contribution is 0.475. The van der Waals surface area contributed by atoms with E-state index in [4.69, 9.17) is 5.11 Å². The number of hydrogen-bond donors (Lipinski definition) is 1. The van der Waals surface area contributed by atoms with Crippen LogP contribution in [0.3, 0.4) is 0 Å². The molecule has 0 saturated heterocycles. The summed E-state index contributed by atoms with van der Waals surface area (Å²) in [5, 5.41) is 9.16. The summed E-state index contributed by atoms with van der Waals surface area (Å²) >= 11 is 0. The fourth-order valence-electron chi connectivity index (χ4n) is 1.44. The van der Waals surface area contributed by atoms with E-state index in [0.717, 1.165) is 17.9 Å². The number of nitrogens with zero attached hydrogens (tertiary/aromatic N) is 2. The van der Waals surface area contributed by atoms with Crippen LogP contribution in [0.5, 0.6) is 5.75 Å². The van der Waals surface area contributed by atoms with Gasteiger partial charge in [0.25, 0.3) is 0 Å². The summed E-state index contributed by atoms with van der Waals surface area (Å²) in [4.78, 5) is 4.23. The summed E-state index contributed by atoms with van der Waals surface area (Å²) in [5.74, 6) is 1.31. The Bertz CT molecular complexity index is 417. The van der Waals surface area contributed by atoms with E-state index in [0.29, 0.717) is 0 Å². The van der Waals surface area contributed by atoms with Gasteiger partial charge in [0.2, 0.25) is 0 Å². The predicted octanol–water partition coefficient (Wildman–Crippen LogP) is 2.14. The van der Waals surface area contributed by atoms with Gasteiger partial charge in [-0.1, -0.05) is 6.92 Å². The van der Waals surface area contributed by atoms with Crippen LogP contribution in [0, 0.1) is 0 Å². The van der Waals surface area contributed by atoms with Gasteiger partial charge >= 0.3 is 0 Å². The van der Waals surface area contributed by atoms with Crippen molar-refractivity contribution >= 4 is 0 Å². The molecule has 3 nitrogen and oxygen atoms in total. The van der Waals surface area contributed by atoms with E-state index < -0.39 is 0 Å². The molecular weight excluding hydrogens is 176 g/mol. The van der Waals surface area contributed by atoms with Crippen molar-refractivity contribution in [2.75, 3.05) is 0 Å². The average molecular weight is 188 g/mol. The number of aryl methyl sites for hydroxylation is 1. The Morgan fingerprint density at radius 1 is 1.29 bits per heavy atom. The fraction of sp³-hybridized carbons (Fsp3) is 0.182. The van der Waals surface area contributed by atoms with Crippen molar-refractivity contribution in [1.82, 2.24) is 9.55 Å². The van der Waals surface area contributed by atoms with Crippen molar-refractivity contribution in [1.29, 1.82) is 0 Å². The molecule has 0 radical (unpaired) electrons. The third kappa shape index (κ3) is 1.48. The Kier molecular flexibility index (Phi) is 2.23. The number of benzene rings is 1. The highest BCUT2D eigenvalue weighted by molar-refractivity contribution is 5.37. The lowest BCUT2D eigenvalue weighted by Crippen LogP contribution is -1.98. The van der Waals surface area contributed by atoms with Crippen molar-refractivity contribution in [3.63, 3.8) is 0 Å². The van der Waals surface area contributed by atoms with Gasteiger partial charge in [-0.15, -0.1) is 0 Å². The first-order valence-electron chi connectivity index (χ1n) is 4.63. The first kappa shape index (κ1) is 8.81. The predicted molar refractivity (Wildman–Crippen MR) is 54.6 cm³/mol. The molecule has 0 unspecified atom stereocenters. The number of hydrogen-bond acceptors (Lipinski definition) is 2. The molecule has 72 valence electrons. The number of imidazole rings is 1. The Balaban J connectivity index is 2.44. The molecule has 1 aromatic heterocycles. The third-order valence-corrected chi connectivity index (χ3v) is 2.16. The van der Waals surface area contributed by atoms with E-state index in [2.05, 4.69) is 11.9 Å². The lowest BCUT2D eigenvalue weighted by Gasteiger charge is -2.05. The second-order valence-electron chi connectivity index (χ2n) is 3.08. The van der Waals surface area contributed by atoms with Gasteiger partial charge in [-0.25, -0.2) is 4.98 Å². The maximum atomic E-state index is 9.16. The standard InChI is InChI=1S/C11H12N2O/c1-2-11-12-7-8-13(11)9-3-5-10(14)6-4-9/h3-8,14H,2H2,1H3. The van der Waals surface area contributed by atoms with Crippen LogP contribution in [0.2, 0.25) is 0 Å². The number of phenols is 1. The van der Waals surface area contributed by atoms with Gasteiger partial charge in [0.15, 0.2) is 0 Å². The monoisotopic (exact) mass is 188 g/mol. The Labute approximate surface area is 82.7 Å². The molecule has 14 heavy (non-hydrogen) atoms. The Morgan fingerprint density at radius 2 is 2.00 bits per heavy atom. The first-order valence-corrected chi connectivity index (χ1v) is 4.63. The number of aromatic hydroxyl groups is 1. The van der Waals surface area contributed by atoms with E-state index in [-0.39, 0.29) is 5.75 Å². The third-order valence-electron chi connectivity index (χ3n) is 2.16. The first-order chi connectivity index (χ1) is 6.81. The average Bonchev–Trinajstić information content (AvgIpc) is 2.67. The number of rotatable bonds is 2. The van der Waals surface area contributed by atoms with Gasteiger partial charge in [0.05, 0.1) is 0 Å². The maximum absolute atomic E-state index is 9.16. The SMILES string of the molecule is CCc1nccn1-c1ccc(O)cc1. The molecule has 1 heterocycles. The van der Waals surface area contributed by atoms with Gasteiger partial charge in [-0.05, 0) is 24.3 Å². The van der Waals surface area contributed by atoms with E-state index in [1.165, 1.54) is 0 Å². The molecule has 0 aliphatic carbocycles. The molecule has 0 fully saturated rings. The Morgan fingerprint density at radius 3 is 2.64 bits per heavy atom. The van der Waals surface area contributed by atoms with E-state index in [1.807, 2.05) is 22.9 Å². The molecule has 0 amide bonds. The second-order valence-corrected chi connectivity index (χ2v) is 3.08. The van der Waals surface area contributed by atoms with Crippen LogP contribution >= 0.6 is 0 Å². The zero-order valence-electron chi connectivity index (χ0n) is 8.01. The van der Waals surface area contributed by atoms with Gasteiger partial charge in [0, 0.05) is 24.5 Å². The van der Waals surface area contributed by atoms with Crippen LogP contribution in [0.25, 0.3) is 5.69 Å². The molecule has 2 aromatic rings. The van der Waals surface area contributed by atoms with Gasteiger partial charge in [-0.2, -0.15) is 0 Å². The van der Waals surface area contributed by atoms with Crippen LogP contribution < -0.4 is 0 Å². The summed E-state index contributed by atoms with van der Waals surface area (Å²) < 4.78 is 2.01. The lowest BCUT2D eigenvalue weighted by atomic mass is 10.3. The van der Waals surface area contributed by atoms with Gasteiger partial charge in [-0.3, -0.25) is 0 Å². The van der Waals surface area contributed by atoms with Crippen molar-refractivity contribution in [2.24, 2.45) is 0 Å². The fourth-order valence-corrected chi connectivity index (χ4v) is 1.44. The second kappa shape index (κ2) is 3.54. The molecule has 0 aliphatic rings. The largest absolute Gasteiger partial charge is 0.508 e. The number of phenolic OH excluding ortho intramolecular Hbond substituents is 1. The van der Waals surface area contributed by atoms with Crippen LogP contribution in [-0.2, 0) is 6.42 Å². The summed E-state index contributed by atoms with van der Waals surface area (Å²) in [5.41, 5.74) is 1.03. The minimum atomic E-state index is 0.284. The van der Waals surface area contributed by atoms with E-state index in [9.17, 15) is 0 Å². The molecule has 1 aromatic carbocycles. The van der Waals surface area contributed by atoms with Crippen LogP contribution in [0.15, 0.2) is 36.7 Å². The highest BCUT2D eigenvalue weighted by Crippen LogP contribution is 2.15. The summed E-state index contributed by atoms with van der Waals surface area (Å²) in [7, 11) is 0. The zero-order chi connectivity index (χ0) is 9.97. The van der Waals surface area contributed by atoms with Crippen molar-refractivity contribution in [3.05, 3.63) is 42.5 Å². The molecular formula is C11H12N2O. The molecule has 0 saturated carbocycles. The molecule has 1 N–H and O–H groups in total. The van der Waals surface area contributed by atoms with E-state index >= 15 is 0 Å². The summed E-state index contributed by atoms with van der Waals surface area (Å²) in [6.45, 7) is 2.07. The summed E-state index contributed by atoms with van der Waals surface area (Å²) in [6, 6.07) is 7.09. The van der Waals surface area contributed by atoms with Crippen LogP contribution in [-0.4, -0.2) is 14.7 Å². The van der Waals surface area contributed by atoms with Gasteiger partial charge < -0.3 is 9.67 Å². The minimum Gasteiger partial charge on any atom is -0.508 e. The minimum absolute atomic E-state index is 0.284. The van der Waals surface area contributed by atoms with Crippen LogP contribution in [0.1, 0.15) is 12.7 Å². The molecule has 2 rings (SSSR count). The maximum Gasteiger partial charge on any atom is 0.115 e. The zero-order valence-corrected chi connectivity index (χ0v) is 8.01. The Hall–Kier alpha value is -1.77. The highest BCUT2D eigenvalue weighted by atomic mass is 16.3. The van der Waals surface area contributed by atoms with Crippen LogP contribution in [0.4, 0.5) is 0 Å². The normalized spacial score (nSPS) is 10.4. The molecule has 0 aliphatic heterocycles. The smallest absolute Gasteiger partial charge is 0.115 e. The molecule has 3 heteroatoms. The number of aromatic nitrogens is 2. The highest BCUT2D eigenvalue weighted by Gasteiger charge is 2.01. The van der Waals surface area contributed by atoms with Gasteiger partial charge in [0.1, 0.15) is 11.6 Å².